The number of phenolic OH excluding ortho intramolecular Hbond substituents is 1. The van der Waals surface area contributed by atoms with Gasteiger partial charge in [0.2, 0.25) is 0 Å². The highest BCUT2D eigenvalue weighted by Gasteiger charge is 2.22. The minimum absolute atomic E-state index is 0.00151. The maximum absolute atomic E-state index is 12.2. The highest BCUT2D eigenvalue weighted by atomic mass is 16.7. The van der Waals surface area contributed by atoms with Crippen LogP contribution in [0.4, 0.5) is 0 Å². The van der Waals surface area contributed by atoms with E-state index in [2.05, 4.69) is 0 Å². The third-order valence-corrected chi connectivity index (χ3v) is 3.33. The Morgan fingerprint density at radius 3 is 2.50 bits per heavy atom. The lowest BCUT2D eigenvalue weighted by Crippen LogP contribution is -2.10. The number of aryl methyl sites for hydroxylation is 1. The molecule has 0 heterocycles. The number of hydrogen-bond acceptors (Lipinski definition) is 6. The molecule has 22 heavy (non-hydrogen) atoms. The van der Waals surface area contributed by atoms with Crippen LogP contribution in [0, 0.1) is 6.92 Å². The predicted octanol–water partition coefficient (Wildman–Crippen LogP) is 2.63. The summed E-state index contributed by atoms with van der Waals surface area (Å²) in [7, 11) is 4.25. The SMILES string of the molecule is COCOc1c(C)cc2c(O)c(OC)ccc2c1C(=O)OC. The zero-order valence-corrected chi connectivity index (χ0v) is 12.9. The Morgan fingerprint density at radius 1 is 1.18 bits per heavy atom. The van der Waals surface area contributed by atoms with Gasteiger partial charge in [-0.1, -0.05) is 0 Å². The monoisotopic (exact) mass is 306 g/mol. The summed E-state index contributed by atoms with van der Waals surface area (Å²) in [5, 5.41) is 11.3. The molecule has 118 valence electrons. The van der Waals surface area contributed by atoms with Gasteiger partial charge in [0.25, 0.3) is 0 Å². The van der Waals surface area contributed by atoms with Crippen molar-refractivity contribution in [2.45, 2.75) is 6.92 Å². The summed E-state index contributed by atoms with van der Waals surface area (Å²) in [6.45, 7) is 1.77. The Morgan fingerprint density at radius 2 is 1.91 bits per heavy atom. The summed E-state index contributed by atoms with van der Waals surface area (Å²) in [4.78, 5) is 12.2. The Hall–Kier alpha value is -2.47. The number of hydrogen-bond donors (Lipinski definition) is 1. The number of esters is 1. The Bertz CT molecular complexity index is 708. The van der Waals surface area contributed by atoms with Gasteiger partial charge < -0.3 is 24.1 Å². The van der Waals surface area contributed by atoms with Crippen LogP contribution in [-0.4, -0.2) is 39.2 Å². The molecular weight excluding hydrogens is 288 g/mol. The highest BCUT2D eigenvalue weighted by Crippen LogP contribution is 2.40. The van der Waals surface area contributed by atoms with Crippen molar-refractivity contribution >= 4 is 16.7 Å². The summed E-state index contributed by atoms with van der Waals surface area (Å²) >= 11 is 0. The number of aromatic hydroxyl groups is 1. The van der Waals surface area contributed by atoms with E-state index in [1.54, 1.807) is 25.1 Å². The minimum Gasteiger partial charge on any atom is -0.504 e. The maximum atomic E-state index is 12.2. The average Bonchev–Trinajstić information content (AvgIpc) is 2.53. The van der Waals surface area contributed by atoms with Gasteiger partial charge in [-0.25, -0.2) is 4.79 Å². The van der Waals surface area contributed by atoms with Gasteiger partial charge in [-0.3, -0.25) is 0 Å². The first kappa shape index (κ1) is 15.9. The van der Waals surface area contributed by atoms with E-state index in [-0.39, 0.29) is 18.1 Å². The molecule has 0 aliphatic rings. The van der Waals surface area contributed by atoms with Crippen molar-refractivity contribution in [3.63, 3.8) is 0 Å². The number of rotatable bonds is 5. The molecule has 0 aliphatic carbocycles. The molecule has 2 aromatic carbocycles. The number of phenols is 1. The molecular formula is C16H18O6. The lowest BCUT2D eigenvalue weighted by Gasteiger charge is -2.16. The van der Waals surface area contributed by atoms with Crippen molar-refractivity contribution < 1.29 is 28.8 Å². The van der Waals surface area contributed by atoms with Crippen molar-refractivity contribution in [1.82, 2.24) is 0 Å². The van der Waals surface area contributed by atoms with Gasteiger partial charge in [0.1, 0.15) is 11.3 Å². The molecule has 0 saturated carbocycles. The molecule has 0 aliphatic heterocycles. The van der Waals surface area contributed by atoms with Crippen molar-refractivity contribution in [3.8, 4) is 17.2 Å². The van der Waals surface area contributed by atoms with E-state index in [0.717, 1.165) is 0 Å². The van der Waals surface area contributed by atoms with Gasteiger partial charge in [0.05, 0.1) is 14.2 Å². The number of benzene rings is 2. The Kier molecular flexibility index (Phi) is 4.72. The normalized spacial score (nSPS) is 10.5. The maximum Gasteiger partial charge on any atom is 0.342 e. The fraction of sp³-hybridized carbons (Fsp3) is 0.312. The van der Waals surface area contributed by atoms with Crippen molar-refractivity contribution in [1.29, 1.82) is 0 Å². The lowest BCUT2D eigenvalue weighted by atomic mass is 9.98. The topological polar surface area (TPSA) is 74.2 Å². The van der Waals surface area contributed by atoms with Crippen LogP contribution in [0.5, 0.6) is 17.2 Å². The molecule has 1 N–H and O–H groups in total. The third kappa shape index (κ3) is 2.65. The molecule has 0 spiro atoms. The number of ether oxygens (including phenoxy) is 4. The van der Waals surface area contributed by atoms with Crippen LogP contribution in [0.2, 0.25) is 0 Å². The van der Waals surface area contributed by atoms with Crippen LogP contribution in [0.25, 0.3) is 10.8 Å². The second kappa shape index (κ2) is 6.53. The molecule has 6 heteroatoms. The summed E-state index contributed by atoms with van der Waals surface area (Å²) in [5.41, 5.74) is 0.918. The molecule has 0 unspecified atom stereocenters. The molecule has 0 amide bonds. The smallest absolute Gasteiger partial charge is 0.342 e. The van der Waals surface area contributed by atoms with Gasteiger partial charge >= 0.3 is 5.97 Å². The largest absolute Gasteiger partial charge is 0.504 e. The first-order chi connectivity index (χ1) is 10.5. The van der Waals surface area contributed by atoms with Gasteiger partial charge in [-0.2, -0.15) is 0 Å². The van der Waals surface area contributed by atoms with E-state index >= 15 is 0 Å². The highest BCUT2D eigenvalue weighted by molar-refractivity contribution is 6.09. The second-order valence-electron chi connectivity index (χ2n) is 4.65. The molecule has 6 nitrogen and oxygen atoms in total. The number of carbonyl (C=O) groups excluding carboxylic acids is 1. The van der Waals surface area contributed by atoms with Crippen LogP contribution in [0.15, 0.2) is 18.2 Å². The van der Waals surface area contributed by atoms with E-state index in [4.69, 9.17) is 18.9 Å². The first-order valence-corrected chi connectivity index (χ1v) is 6.58. The lowest BCUT2D eigenvalue weighted by molar-refractivity contribution is 0.0463. The second-order valence-corrected chi connectivity index (χ2v) is 4.65. The number of methoxy groups -OCH3 is 3. The standard InChI is InChI=1S/C16H18O6/c1-9-7-11-10(5-6-12(20-3)14(11)17)13(16(18)21-4)15(9)22-8-19-2/h5-7,17H,8H2,1-4H3. The fourth-order valence-corrected chi connectivity index (χ4v) is 2.33. The van der Waals surface area contributed by atoms with Crippen LogP contribution < -0.4 is 9.47 Å². The summed E-state index contributed by atoms with van der Waals surface area (Å²) in [6, 6.07) is 4.99. The van der Waals surface area contributed by atoms with Gasteiger partial charge in [-0.15, -0.1) is 0 Å². The Balaban J connectivity index is 2.80. The van der Waals surface area contributed by atoms with E-state index < -0.39 is 5.97 Å². The number of carbonyl (C=O) groups is 1. The van der Waals surface area contributed by atoms with Gasteiger partial charge in [0, 0.05) is 17.9 Å². The van der Waals surface area contributed by atoms with E-state index in [1.165, 1.54) is 21.3 Å². The van der Waals surface area contributed by atoms with Crippen LogP contribution in [0.1, 0.15) is 15.9 Å². The van der Waals surface area contributed by atoms with Gasteiger partial charge in [0.15, 0.2) is 18.3 Å². The first-order valence-electron chi connectivity index (χ1n) is 6.58. The van der Waals surface area contributed by atoms with Crippen molar-refractivity contribution in [2.75, 3.05) is 28.1 Å². The molecule has 2 aromatic rings. The predicted molar refractivity (Wildman–Crippen MR) is 80.7 cm³/mol. The van der Waals surface area contributed by atoms with E-state index in [1.807, 2.05) is 0 Å². The third-order valence-electron chi connectivity index (χ3n) is 3.33. The van der Waals surface area contributed by atoms with Crippen LogP contribution in [0.3, 0.4) is 0 Å². The molecule has 0 radical (unpaired) electrons. The zero-order chi connectivity index (χ0) is 16.3. The molecule has 0 fully saturated rings. The average molecular weight is 306 g/mol. The van der Waals surface area contributed by atoms with E-state index in [0.29, 0.717) is 27.8 Å². The summed E-state index contributed by atoms with van der Waals surface area (Å²) in [5.74, 6) is 0.106. The van der Waals surface area contributed by atoms with Crippen molar-refractivity contribution in [3.05, 3.63) is 29.3 Å². The number of fused-ring (bicyclic) bond motifs is 1. The minimum atomic E-state index is -0.552. The zero-order valence-electron chi connectivity index (χ0n) is 12.9. The van der Waals surface area contributed by atoms with E-state index in [9.17, 15) is 9.90 Å². The molecule has 0 atom stereocenters. The quantitative estimate of drug-likeness (QED) is 0.676. The molecule has 0 saturated heterocycles. The molecule has 0 bridgehead atoms. The van der Waals surface area contributed by atoms with Crippen LogP contribution in [-0.2, 0) is 9.47 Å². The fourth-order valence-electron chi connectivity index (χ4n) is 2.33. The van der Waals surface area contributed by atoms with Crippen molar-refractivity contribution in [2.24, 2.45) is 0 Å². The summed E-state index contributed by atoms with van der Waals surface area (Å²) in [6.07, 6.45) is 0. The molecule has 0 aromatic heterocycles. The van der Waals surface area contributed by atoms with Gasteiger partial charge in [-0.05, 0) is 30.7 Å². The van der Waals surface area contributed by atoms with Crippen LogP contribution >= 0.6 is 0 Å². The Labute approximate surface area is 128 Å². The molecule has 2 rings (SSSR count). The summed E-state index contributed by atoms with van der Waals surface area (Å²) < 4.78 is 20.3.